The van der Waals surface area contributed by atoms with Gasteiger partial charge in [-0.1, -0.05) is 84.9 Å². The van der Waals surface area contributed by atoms with Crippen molar-refractivity contribution in [2.24, 2.45) is 5.73 Å². The van der Waals surface area contributed by atoms with Crippen molar-refractivity contribution in [1.29, 1.82) is 0 Å². The summed E-state index contributed by atoms with van der Waals surface area (Å²) in [5, 5.41) is 11.5. The van der Waals surface area contributed by atoms with Gasteiger partial charge in [-0.3, -0.25) is 4.79 Å². The number of hydrogen-bond acceptors (Lipinski definition) is 3. The molecule has 4 heteroatoms. The molecule has 0 aliphatic carbocycles. The molecule has 0 bridgehead atoms. The highest BCUT2D eigenvalue weighted by atomic mass is 32.2. The van der Waals surface area contributed by atoms with Crippen LogP contribution in [0.2, 0.25) is 0 Å². The summed E-state index contributed by atoms with van der Waals surface area (Å²) >= 11 is 1.56. The predicted octanol–water partition coefficient (Wildman–Crippen LogP) is 5.82. The average molecular weight is 414 g/mol. The number of fused-ring (bicyclic) bond motifs is 1. The van der Waals surface area contributed by atoms with Crippen molar-refractivity contribution in [3.05, 3.63) is 96.6 Å². The van der Waals surface area contributed by atoms with E-state index in [1.807, 2.05) is 12.1 Å². The zero-order valence-corrected chi connectivity index (χ0v) is 17.3. The number of thioether (sulfide) groups is 1. The summed E-state index contributed by atoms with van der Waals surface area (Å²) in [6.07, 6.45) is 0. The van der Waals surface area contributed by atoms with E-state index in [0.717, 1.165) is 11.1 Å². The summed E-state index contributed by atoms with van der Waals surface area (Å²) in [5.74, 6) is 0.0912. The van der Waals surface area contributed by atoms with E-state index in [2.05, 4.69) is 78.9 Å². The van der Waals surface area contributed by atoms with E-state index < -0.39 is 12.0 Å². The highest BCUT2D eigenvalue weighted by Crippen LogP contribution is 2.41. The quantitative estimate of drug-likeness (QED) is 0.401. The molecule has 0 saturated carbocycles. The van der Waals surface area contributed by atoms with Crippen LogP contribution in [0.5, 0.6) is 0 Å². The van der Waals surface area contributed by atoms with Crippen LogP contribution in [0.3, 0.4) is 0 Å². The number of rotatable bonds is 7. The standard InChI is InChI=1S/C26H23NO2S/c27-24(26(28)29)17-30-16-23-21-14-8-7-13-20(21)15-22(18-9-3-1-4-10-18)25(23)19-11-5-2-6-12-19/h1-15,24H,16-17,27H2,(H,28,29)/t24-/m0/s1. The Morgan fingerprint density at radius 2 is 1.47 bits per heavy atom. The largest absolute Gasteiger partial charge is 0.480 e. The van der Waals surface area contributed by atoms with Crippen LogP contribution in [-0.4, -0.2) is 22.9 Å². The normalized spacial score (nSPS) is 12.0. The Morgan fingerprint density at radius 1 is 0.867 bits per heavy atom. The fourth-order valence-corrected chi connectivity index (χ4v) is 4.73. The van der Waals surface area contributed by atoms with Gasteiger partial charge >= 0.3 is 5.97 Å². The lowest BCUT2D eigenvalue weighted by Gasteiger charge is -2.19. The Bertz CT molecular complexity index is 1160. The molecule has 150 valence electrons. The van der Waals surface area contributed by atoms with Gasteiger partial charge in [-0.05, 0) is 44.7 Å². The maximum atomic E-state index is 11.1. The van der Waals surface area contributed by atoms with Gasteiger partial charge in [0.25, 0.3) is 0 Å². The second-order valence-electron chi connectivity index (χ2n) is 7.19. The van der Waals surface area contributed by atoms with Crippen LogP contribution in [0.15, 0.2) is 91.0 Å². The molecule has 0 unspecified atom stereocenters. The molecule has 1 atom stereocenters. The maximum Gasteiger partial charge on any atom is 0.321 e. The van der Waals surface area contributed by atoms with Crippen LogP contribution in [-0.2, 0) is 10.5 Å². The van der Waals surface area contributed by atoms with Crippen LogP contribution in [0, 0.1) is 0 Å². The first-order valence-corrected chi connectivity index (χ1v) is 11.0. The van der Waals surface area contributed by atoms with Crippen LogP contribution < -0.4 is 5.73 Å². The van der Waals surface area contributed by atoms with Gasteiger partial charge in [0.05, 0.1) is 0 Å². The lowest BCUT2D eigenvalue weighted by atomic mass is 9.87. The number of carboxylic acids is 1. The third kappa shape index (κ3) is 4.25. The van der Waals surface area contributed by atoms with E-state index in [4.69, 9.17) is 10.8 Å². The molecule has 0 radical (unpaired) electrons. The number of aliphatic carboxylic acids is 1. The highest BCUT2D eigenvalue weighted by Gasteiger charge is 2.18. The number of carbonyl (C=O) groups is 1. The molecule has 0 aliphatic heterocycles. The van der Waals surface area contributed by atoms with Gasteiger partial charge < -0.3 is 10.8 Å². The van der Waals surface area contributed by atoms with Gasteiger partial charge in [0.15, 0.2) is 0 Å². The lowest BCUT2D eigenvalue weighted by molar-refractivity contribution is -0.137. The molecule has 4 aromatic carbocycles. The summed E-state index contributed by atoms with van der Waals surface area (Å²) < 4.78 is 0. The van der Waals surface area contributed by atoms with E-state index in [0.29, 0.717) is 11.5 Å². The highest BCUT2D eigenvalue weighted by molar-refractivity contribution is 7.98. The van der Waals surface area contributed by atoms with Crippen LogP contribution in [0.1, 0.15) is 5.56 Å². The Kier molecular flexibility index (Phi) is 6.17. The first-order chi connectivity index (χ1) is 14.6. The van der Waals surface area contributed by atoms with Gasteiger partial charge in [-0.2, -0.15) is 11.8 Å². The van der Waals surface area contributed by atoms with E-state index in [-0.39, 0.29) is 0 Å². The minimum Gasteiger partial charge on any atom is -0.480 e. The molecule has 0 spiro atoms. The van der Waals surface area contributed by atoms with Crippen LogP contribution >= 0.6 is 11.8 Å². The topological polar surface area (TPSA) is 63.3 Å². The Morgan fingerprint density at radius 3 is 2.13 bits per heavy atom. The number of carboxylic acid groups (broad SMARTS) is 1. The van der Waals surface area contributed by atoms with Crippen LogP contribution in [0.25, 0.3) is 33.0 Å². The second kappa shape index (κ2) is 9.16. The lowest BCUT2D eigenvalue weighted by Crippen LogP contribution is -2.32. The molecule has 0 saturated heterocycles. The fraction of sp³-hybridized carbons (Fsp3) is 0.115. The van der Waals surface area contributed by atoms with E-state index in [1.165, 1.54) is 27.5 Å². The smallest absolute Gasteiger partial charge is 0.321 e. The van der Waals surface area contributed by atoms with Gasteiger partial charge in [0.1, 0.15) is 6.04 Å². The van der Waals surface area contributed by atoms with E-state index in [1.54, 1.807) is 11.8 Å². The SMILES string of the molecule is N[C@@H](CSCc1c(-c2ccccc2)c(-c2ccccc2)cc2ccccc12)C(=O)O. The number of nitrogens with two attached hydrogens (primary N) is 1. The molecule has 3 N–H and O–H groups in total. The molecule has 4 aromatic rings. The maximum absolute atomic E-state index is 11.1. The molecule has 4 rings (SSSR count). The van der Waals surface area contributed by atoms with Crippen molar-refractivity contribution in [1.82, 2.24) is 0 Å². The average Bonchev–Trinajstić information content (AvgIpc) is 2.79. The summed E-state index contributed by atoms with van der Waals surface area (Å²) in [6.45, 7) is 0. The molecular weight excluding hydrogens is 390 g/mol. The fourth-order valence-electron chi connectivity index (χ4n) is 3.71. The van der Waals surface area contributed by atoms with Crippen molar-refractivity contribution in [3.8, 4) is 22.3 Å². The Balaban J connectivity index is 1.91. The number of benzene rings is 4. The minimum absolute atomic E-state index is 0.369. The molecule has 0 heterocycles. The van der Waals surface area contributed by atoms with E-state index >= 15 is 0 Å². The third-order valence-corrected chi connectivity index (χ3v) is 6.25. The Labute approximate surface area is 180 Å². The molecule has 3 nitrogen and oxygen atoms in total. The van der Waals surface area contributed by atoms with Gasteiger partial charge in [0, 0.05) is 11.5 Å². The first kappa shape index (κ1) is 20.2. The second-order valence-corrected chi connectivity index (χ2v) is 8.22. The number of hydrogen-bond donors (Lipinski definition) is 2. The zero-order chi connectivity index (χ0) is 20.9. The summed E-state index contributed by atoms with van der Waals surface area (Å²) in [5.41, 5.74) is 11.6. The van der Waals surface area contributed by atoms with Crippen molar-refractivity contribution in [3.63, 3.8) is 0 Å². The predicted molar refractivity (Wildman–Crippen MR) is 127 cm³/mol. The summed E-state index contributed by atoms with van der Waals surface area (Å²) in [6, 6.07) is 30.6. The van der Waals surface area contributed by atoms with Gasteiger partial charge in [-0.25, -0.2) is 0 Å². The van der Waals surface area contributed by atoms with Crippen molar-refractivity contribution >= 4 is 28.5 Å². The van der Waals surface area contributed by atoms with Gasteiger partial charge in [0.2, 0.25) is 0 Å². The van der Waals surface area contributed by atoms with E-state index in [9.17, 15) is 4.79 Å². The van der Waals surface area contributed by atoms with Crippen molar-refractivity contribution in [2.75, 3.05) is 5.75 Å². The molecule has 0 fully saturated rings. The molecule has 30 heavy (non-hydrogen) atoms. The minimum atomic E-state index is -0.964. The monoisotopic (exact) mass is 413 g/mol. The zero-order valence-electron chi connectivity index (χ0n) is 16.5. The van der Waals surface area contributed by atoms with Crippen molar-refractivity contribution in [2.45, 2.75) is 11.8 Å². The molecular formula is C26H23NO2S. The summed E-state index contributed by atoms with van der Waals surface area (Å²) in [7, 11) is 0. The van der Waals surface area contributed by atoms with Crippen molar-refractivity contribution < 1.29 is 9.90 Å². The first-order valence-electron chi connectivity index (χ1n) is 9.86. The van der Waals surface area contributed by atoms with Crippen LogP contribution in [0.4, 0.5) is 0 Å². The molecule has 0 aliphatic rings. The van der Waals surface area contributed by atoms with Gasteiger partial charge in [-0.15, -0.1) is 0 Å². The molecule has 0 aromatic heterocycles. The molecule has 0 amide bonds. The third-order valence-electron chi connectivity index (χ3n) is 5.17. The summed E-state index contributed by atoms with van der Waals surface area (Å²) in [4.78, 5) is 11.1. The Hall–Kier alpha value is -3.08.